The molecule has 0 radical (unpaired) electrons. The maximum absolute atomic E-state index is 12.7. The molecule has 1 N–H and O–H groups in total. The molecular formula is C26H32N4O4. The molecule has 8 heteroatoms. The highest BCUT2D eigenvalue weighted by molar-refractivity contribution is 5.94. The second kappa shape index (κ2) is 9.52. The minimum absolute atomic E-state index is 0.184. The summed E-state index contributed by atoms with van der Waals surface area (Å²) in [5.74, 6) is 3.44. The van der Waals surface area contributed by atoms with Gasteiger partial charge in [0, 0.05) is 50.4 Å². The highest BCUT2D eigenvalue weighted by Crippen LogP contribution is 2.38. The zero-order valence-electron chi connectivity index (χ0n) is 19.8. The van der Waals surface area contributed by atoms with Gasteiger partial charge in [0.05, 0.1) is 19.8 Å². The minimum Gasteiger partial charge on any atom is -0.497 e. The van der Waals surface area contributed by atoms with Gasteiger partial charge >= 0.3 is 0 Å². The highest BCUT2D eigenvalue weighted by atomic mass is 16.5. The van der Waals surface area contributed by atoms with Gasteiger partial charge in [-0.25, -0.2) is 4.98 Å². The summed E-state index contributed by atoms with van der Waals surface area (Å²) in [4.78, 5) is 34.2. The van der Waals surface area contributed by atoms with Crippen LogP contribution < -0.4 is 19.7 Å². The summed E-state index contributed by atoms with van der Waals surface area (Å²) in [7, 11) is 3.21. The first-order chi connectivity index (χ1) is 16.6. The number of anilines is 1. The van der Waals surface area contributed by atoms with Gasteiger partial charge in [-0.3, -0.25) is 9.59 Å². The first kappa shape index (κ1) is 22.5. The number of fused-ring (bicyclic) bond motifs is 4. The fraction of sp³-hybridized carbons (Fsp3) is 0.500. The van der Waals surface area contributed by atoms with Crippen LogP contribution in [0.4, 0.5) is 5.82 Å². The van der Waals surface area contributed by atoms with Gasteiger partial charge in [0.15, 0.2) is 0 Å². The summed E-state index contributed by atoms with van der Waals surface area (Å²) in [6, 6.07) is 9.65. The Hall–Kier alpha value is -3.29. The van der Waals surface area contributed by atoms with E-state index in [9.17, 15) is 9.59 Å². The number of amides is 2. The molecule has 0 saturated carbocycles. The average Bonchev–Trinajstić information content (AvgIpc) is 2.87. The SMILES string of the molecule is COc1ccc(OC)c(CNC(=O)c2ccc(N3C[C@H]4C[C@H](C3)[C@H]3CCCC(=O)N3C4)nc2)c1. The molecule has 0 spiro atoms. The third kappa shape index (κ3) is 4.41. The van der Waals surface area contributed by atoms with Gasteiger partial charge < -0.3 is 24.6 Å². The van der Waals surface area contributed by atoms with E-state index >= 15 is 0 Å². The lowest BCUT2D eigenvalue weighted by Gasteiger charge is -2.52. The summed E-state index contributed by atoms with van der Waals surface area (Å²) in [6.45, 7) is 3.01. The van der Waals surface area contributed by atoms with E-state index < -0.39 is 0 Å². The number of nitrogens with one attached hydrogen (secondary N) is 1. The topological polar surface area (TPSA) is 84.0 Å². The molecule has 1 aromatic heterocycles. The molecule has 3 aliphatic rings. The molecule has 2 amide bonds. The Balaban J connectivity index is 1.22. The number of nitrogens with zero attached hydrogens (tertiary/aromatic N) is 3. The lowest BCUT2D eigenvalue weighted by atomic mass is 9.76. The fourth-order valence-corrected chi connectivity index (χ4v) is 5.80. The largest absolute Gasteiger partial charge is 0.497 e. The number of ether oxygens (including phenoxy) is 2. The Kier molecular flexibility index (Phi) is 6.30. The van der Waals surface area contributed by atoms with E-state index in [1.807, 2.05) is 30.3 Å². The molecule has 5 rings (SSSR count). The van der Waals surface area contributed by atoms with Crippen molar-refractivity contribution in [3.63, 3.8) is 0 Å². The number of aromatic nitrogens is 1. The molecule has 0 aliphatic carbocycles. The standard InChI is InChI=1S/C26H32N4O4/c1-33-21-7-8-23(34-2)19(11-21)13-28-26(32)18-6-9-24(27-12-18)29-14-17-10-20(16-29)22-4-3-5-25(31)30(22)15-17/h6-9,11-12,17,20,22H,3-5,10,13-16H2,1-2H3,(H,28,32)/t17-,20-,22-/m1/s1. The van der Waals surface area contributed by atoms with Crippen LogP contribution >= 0.6 is 0 Å². The van der Waals surface area contributed by atoms with Crippen molar-refractivity contribution in [1.82, 2.24) is 15.2 Å². The van der Waals surface area contributed by atoms with Crippen molar-refractivity contribution < 1.29 is 19.1 Å². The van der Waals surface area contributed by atoms with Gasteiger partial charge in [-0.2, -0.15) is 0 Å². The molecule has 3 fully saturated rings. The number of hydrogen-bond acceptors (Lipinski definition) is 6. The van der Waals surface area contributed by atoms with E-state index in [0.717, 1.165) is 43.9 Å². The second-order valence-corrected chi connectivity index (χ2v) is 9.54. The normalized spacial score (nSPS) is 23.8. The number of hydrogen-bond donors (Lipinski definition) is 1. The quantitative estimate of drug-likeness (QED) is 0.708. The molecular weight excluding hydrogens is 432 g/mol. The van der Waals surface area contributed by atoms with Gasteiger partial charge in [-0.05, 0) is 61.4 Å². The highest BCUT2D eigenvalue weighted by Gasteiger charge is 2.44. The molecule has 0 unspecified atom stereocenters. The van der Waals surface area contributed by atoms with Crippen LogP contribution in [-0.2, 0) is 11.3 Å². The Morgan fingerprint density at radius 3 is 2.79 bits per heavy atom. The number of piperidine rings is 3. The number of carbonyl (C=O) groups is 2. The van der Waals surface area contributed by atoms with Crippen molar-refractivity contribution in [3.8, 4) is 11.5 Å². The first-order valence-corrected chi connectivity index (χ1v) is 12.0. The van der Waals surface area contributed by atoms with Crippen LogP contribution in [0.15, 0.2) is 36.5 Å². The summed E-state index contributed by atoms with van der Waals surface area (Å²) in [5.41, 5.74) is 1.36. The molecule has 34 heavy (non-hydrogen) atoms. The Bertz CT molecular complexity index is 1060. The van der Waals surface area contributed by atoms with Gasteiger partial charge in [0.1, 0.15) is 17.3 Å². The van der Waals surface area contributed by atoms with Crippen molar-refractivity contribution >= 4 is 17.6 Å². The lowest BCUT2D eigenvalue weighted by molar-refractivity contribution is -0.142. The van der Waals surface area contributed by atoms with E-state index in [1.165, 1.54) is 6.42 Å². The average molecular weight is 465 g/mol. The molecule has 3 atom stereocenters. The molecule has 3 aliphatic heterocycles. The third-order valence-corrected chi connectivity index (χ3v) is 7.44. The fourth-order valence-electron chi connectivity index (χ4n) is 5.80. The van der Waals surface area contributed by atoms with Crippen LogP contribution in [0.1, 0.15) is 41.6 Å². The van der Waals surface area contributed by atoms with Crippen LogP contribution in [0.3, 0.4) is 0 Å². The minimum atomic E-state index is -0.184. The van der Waals surface area contributed by atoms with Gasteiger partial charge in [-0.1, -0.05) is 0 Å². The Labute approximate surface area is 200 Å². The Morgan fingerprint density at radius 1 is 1.15 bits per heavy atom. The molecule has 4 heterocycles. The number of benzene rings is 1. The van der Waals surface area contributed by atoms with Gasteiger partial charge in [-0.15, -0.1) is 0 Å². The molecule has 2 aromatic rings. The number of methoxy groups -OCH3 is 2. The zero-order chi connectivity index (χ0) is 23.7. The van der Waals surface area contributed by atoms with Crippen LogP contribution in [0.5, 0.6) is 11.5 Å². The van der Waals surface area contributed by atoms with E-state index in [1.54, 1.807) is 20.4 Å². The predicted octanol–water partition coefficient (Wildman–Crippen LogP) is 2.87. The van der Waals surface area contributed by atoms with Crippen LogP contribution in [0, 0.1) is 11.8 Å². The third-order valence-electron chi connectivity index (χ3n) is 7.44. The van der Waals surface area contributed by atoms with Gasteiger partial charge in [0.25, 0.3) is 5.91 Å². The summed E-state index contributed by atoms with van der Waals surface area (Å²) < 4.78 is 10.7. The van der Waals surface area contributed by atoms with E-state index in [4.69, 9.17) is 9.47 Å². The zero-order valence-corrected chi connectivity index (χ0v) is 19.8. The van der Waals surface area contributed by atoms with Crippen molar-refractivity contribution in [2.24, 2.45) is 11.8 Å². The van der Waals surface area contributed by atoms with E-state index in [0.29, 0.717) is 53.8 Å². The molecule has 2 bridgehead atoms. The van der Waals surface area contributed by atoms with Crippen LogP contribution in [-0.4, -0.2) is 61.6 Å². The van der Waals surface area contributed by atoms with Crippen molar-refractivity contribution in [2.75, 3.05) is 38.8 Å². The van der Waals surface area contributed by atoms with E-state index in [-0.39, 0.29) is 5.91 Å². The summed E-state index contributed by atoms with van der Waals surface area (Å²) in [5, 5.41) is 2.94. The first-order valence-electron chi connectivity index (χ1n) is 12.0. The Morgan fingerprint density at radius 2 is 2.03 bits per heavy atom. The molecule has 1 aromatic carbocycles. The van der Waals surface area contributed by atoms with Crippen molar-refractivity contribution in [2.45, 2.75) is 38.3 Å². The predicted molar refractivity (Wildman–Crippen MR) is 128 cm³/mol. The second-order valence-electron chi connectivity index (χ2n) is 9.54. The van der Waals surface area contributed by atoms with Crippen LogP contribution in [0.2, 0.25) is 0 Å². The van der Waals surface area contributed by atoms with Gasteiger partial charge in [0.2, 0.25) is 5.91 Å². The lowest BCUT2D eigenvalue weighted by Crippen LogP contribution is -2.60. The van der Waals surface area contributed by atoms with Crippen LogP contribution in [0.25, 0.3) is 0 Å². The number of rotatable bonds is 6. The summed E-state index contributed by atoms with van der Waals surface area (Å²) in [6.07, 6.45) is 5.66. The molecule has 180 valence electrons. The van der Waals surface area contributed by atoms with Crippen molar-refractivity contribution in [1.29, 1.82) is 0 Å². The smallest absolute Gasteiger partial charge is 0.253 e. The maximum Gasteiger partial charge on any atom is 0.253 e. The molecule has 8 nitrogen and oxygen atoms in total. The van der Waals surface area contributed by atoms with E-state index in [2.05, 4.69) is 20.1 Å². The molecule has 3 saturated heterocycles. The number of carbonyl (C=O) groups excluding carboxylic acids is 2. The summed E-state index contributed by atoms with van der Waals surface area (Å²) >= 11 is 0. The number of pyridine rings is 1. The maximum atomic E-state index is 12.7. The van der Waals surface area contributed by atoms with Crippen molar-refractivity contribution in [3.05, 3.63) is 47.7 Å². The monoisotopic (exact) mass is 464 g/mol.